The zero-order valence-electron chi connectivity index (χ0n) is 8.29. The van der Waals surface area contributed by atoms with E-state index in [2.05, 4.69) is 27.0 Å². The summed E-state index contributed by atoms with van der Waals surface area (Å²) in [6.45, 7) is 1.90. The Bertz CT molecular complexity index is 555. The molecule has 0 aliphatic rings. The molecule has 0 aliphatic heterocycles. The Morgan fingerprint density at radius 2 is 2.20 bits per heavy atom. The fourth-order valence-electron chi connectivity index (χ4n) is 1.58. The van der Waals surface area contributed by atoms with Crippen LogP contribution in [0.4, 0.5) is 0 Å². The average molecular weight is 261 g/mol. The summed E-state index contributed by atoms with van der Waals surface area (Å²) in [6, 6.07) is 10.0. The molecule has 0 atom stereocenters. The first kappa shape index (κ1) is 10.1. The monoisotopic (exact) mass is 260 g/mol. The molecule has 0 saturated carbocycles. The predicted octanol–water partition coefficient (Wildman–Crippen LogP) is 3.31. The molecule has 0 N–H and O–H groups in total. The lowest BCUT2D eigenvalue weighted by atomic mass is 10.1. The predicted molar refractivity (Wildman–Crippen MR) is 63.8 cm³/mol. The summed E-state index contributed by atoms with van der Waals surface area (Å²) in [4.78, 5) is 4.39. The number of halogens is 1. The Kier molecular flexibility index (Phi) is 2.70. The number of aryl methyl sites for hydroxylation is 1. The summed E-state index contributed by atoms with van der Waals surface area (Å²) in [5.41, 5.74) is 3.62. The van der Waals surface area contributed by atoms with E-state index in [9.17, 15) is 0 Å². The lowest BCUT2D eigenvalue weighted by Gasteiger charge is -2.03. The first-order chi connectivity index (χ1) is 7.24. The van der Waals surface area contributed by atoms with Crippen molar-refractivity contribution in [2.24, 2.45) is 0 Å². The van der Waals surface area contributed by atoms with Crippen molar-refractivity contribution in [2.45, 2.75) is 12.3 Å². The number of nitrogens with zero attached hydrogens (tertiary/aromatic N) is 2. The molecule has 1 aromatic carbocycles. The van der Waals surface area contributed by atoms with Crippen LogP contribution in [0.5, 0.6) is 0 Å². The van der Waals surface area contributed by atoms with Crippen molar-refractivity contribution >= 4 is 26.8 Å². The molecular weight excluding hydrogens is 252 g/mol. The molecule has 2 aromatic rings. The van der Waals surface area contributed by atoms with Crippen molar-refractivity contribution in [3.63, 3.8) is 0 Å². The molecule has 0 spiro atoms. The van der Waals surface area contributed by atoms with Crippen molar-refractivity contribution < 1.29 is 0 Å². The maximum atomic E-state index is 9.03. The Labute approximate surface area is 96.7 Å². The highest BCUT2D eigenvalue weighted by molar-refractivity contribution is 9.08. The number of benzene rings is 1. The second-order valence-corrected chi connectivity index (χ2v) is 3.97. The minimum Gasteiger partial charge on any atom is -0.253 e. The summed E-state index contributed by atoms with van der Waals surface area (Å²) in [5.74, 6) is 0. The number of alkyl halides is 1. The van der Waals surface area contributed by atoms with Crippen LogP contribution in [0, 0.1) is 18.3 Å². The van der Waals surface area contributed by atoms with Gasteiger partial charge >= 0.3 is 0 Å². The van der Waals surface area contributed by atoms with Crippen molar-refractivity contribution in [3.8, 4) is 6.07 Å². The molecule has 0 radical (unpaired) electrons. The zero-order chi connectivity index (χ0) is 10.8. The average Bonchev–Trinajstić information content (AvgIpc) is 2.27. The number of nitriles is 1. The Morgan fingerprint density at radius 1 is 1.40 bits per heavy atom. The molecule has 0 aliphatic carbocycles. The standard InChI is InChI=1S/C12H9BrN2/c1-8-4-10(7-14)11-5-9(6-13)2-3-12(11)15-8/h2-5H,6H2,1H3. The molecule has 0 fully saturated rings. The molecule has 3 heteroatoms. The van der Waals surface area contributed by atoms with Crippen molar-refractivity contribution in [2.75, 3.05) is 0 Å². The minimum atomic E-state index is 0.695. The largest absolute Gasteiger partial charge is 0.253 e. The van der Waals surface area contributed by atoms with Gasteiger partial charge in [0.15, 0.2) is 0 Å². The highest BCUT2D eigenvalue weighted by Crippen LogP contribution is 2.20. The SMILES string of the molecule is Cc1cc(C#N)c2cc(CBr)ccc2n1. The summed E-state index contributed by atoms with van der Waals surface area (Å²) in [7, 11) is 0. The van der Waals surface area contributed by atoms with Gasteiger partial charge in [-0.15, -0.1) is 0 Å². The summed E-state index contributed by atoms with van der Waals surface area (Å²) >= 11 is 3.40. The van der Waals surface area contributed by atoms with Gasteiger partial charge in [0.25, 0.3) is 0 Å². The van der Waals surface area contributed by atoms with Crippen LogP contribution >= 0.6 is 15.9 Å². The van der Waals surface area contributed by atoms with Crippen LogP contribution in [0.3, 0.4) is 0 Å². The molecule has 15 heavy (non-hydrogen) atoms. The van der Waals surface area contributed by atoms with Gasteiger partial charge in [-0.05, 0) is 30.7 Å². The van der Waals surface area contributed by atoms with Gasteiger partial charge in [0.2, 0.25) is 0 Å². The van der Waals surface area contributed by atoms with E-state index < -0.39 is 0 Å². The van der Waals surface area contributed by atoms with Gasteiger partial charge in [-0.2, -0.15) is 5.26 Å². The molecule has 0 bridgehead atoms. The molecular formula is C12H9BrN2. The van der Waals surface area contributed by atoms with Gasteiger partial charge in [-0.3, -0.25) is 4.98 Å². The van der Waals surface area contributed by atoms with Gasteiger partial charge in [0.1, 0.15) is 0 Å². The lowest BCUT2D eigenvalue weighted by molar-refractivity contribution is 1.24. The first-order valence-electron chi connectivity index (χ1n) is 4.61. The van der Waals surface area contributed by atoms with Crippen LogP contribution in [0.15, 0.2) is 24.3 Å². The number of rotatable bonds is 1. The van der Waals surface area contributed by atoms with Gasteiger partial charge in [-0.25, -0.2) is 0 Å². The molecule has 1 heterocycles. The Balaban J connectivity index is 2.81. The third-order valence-corrected chi connectivity index (χ3v) is 2.92. The number of fused-ring (bicyclic) bond motifs is 1. The highest BCUT2D eigenvalue weighted by Gasteiger charge is 2.04. The number of hydrogen-bond acceptors (Lipinski definition) is 2. The van der Waals surface area contributed by atoms with Crippen molar-refractivity contribution in [1.82, 2.24) is 4.98 Å². The van der Waals surface area contributed by atoms with E-state index in [-0.39, 0.29) is 0 Å². The molecule has 2 rings (SSSR count). The maximum absolute atomic E-state index is 9.03. The number of hydrogen-bond donors (Lipinski definition) is 0. The smallest absolute Gasteiger partial charge is 0.0999 e. The van der Waals surface area contributed by atoms with E-state index in [1.807, 2.05) is 31.2 Å². The normalized spacial score (nSPS) is 10.2. The maximum Gasteiger partial charge on any atom is 0.0999 e. The van der Waals surface area contributed by atoms with Gasteiger partial charge in [0.05, 0.1) is 17.1 Å². The lowest BCUT2D eigenvalue weighted by Crippen LogP contribution is -1.89. The topological polar surface area (TPSA) is 36.7 Å². The van der Waals surface area contributed by atoms with Gasteiger partial charge in [0, 0.05) is 16.4 Å². The third-order valence-electron chi connectivity index (χ3n) is 2.28. The third kappa shape index (κ3) is 1.86. The second-order valence-electron chi connectivity index (χ2n) is 3.41. The molecule has 1 aromatic heterocycles. The van der Waals surface area contributed by atoms with E-state index in [4.69, 9.17) is 5.26 Å². The second kappa shape index (κ2) is 4.00. The van der Waals surface area contributed by atoms with Crippen LogP contribution in [0.25, 0.3) is 10.9 Å². The number of aromatic nitrogens is 1. The summed E-state index contributed by atoms with van der Waals surface area (Å²) in [5, 5.41) is 10.8. The van der Waals surface area contributed by atoms with Crippen LogP contribution in [-0.2, 0) is 5.33 Å². The fourth-order valence-corrected chi connectivity index (χ4v) is 1.93. The van der Waals surface area contributed by atoms with E-state index in [0.717, 1.165) is 27.5 Å². The number of pyridine rings is 1. The van der Waals surface area contributed by atoms with Crippen molar-refractivity contribution in [3.05, 3.63) is 41.1 Å². The molecule has 74 valence electrons. The van der Waals surface area contributed by atoms with E-state index >= 15 is 0 Å². The quantitative estimate of drug-likeness (QED) is 0.738. The highest BCUT2D eigenvalue weighted by atomic mass is 79.9. The Morgan fingerprint density at radius 3 is 2.87 bits per heavy atom. The Hall–Kier alpha value is -1.40. The van der Waals surface area contributed by atoms with Crippen LogP contribution in [0.2, 0.25) is 0 Å². The molecule has 0 saturated heterocycles. The fraction of sp³-hybridized carbons (Fsp3) is 0.167. The van der Waals surface area contributed by atoms with E-state index in [1.54, 1.807) is 0 Å². The molecule has 2 nitrogen and oxygen atoms in total. The molecule has 0 amide bonds. The zero-order valence-corrected chi connectivity index (χ0v) is 9.87. The molecule has 0 unspecified atom stereocenters. The van der Waals surface area contributed by atoms with Crippen LogP contribution in [0.1, 0.15) is 16.8 Å². The van der Waals surface area contributed by atoms with E-state index in [1.165, 1.54) is 0 Å². The van der Waals surface area contributed by atoms with Gasteiger partial charge < -0.3 is 0 Å². The minimum absolute atomic E-state index is 0.695. The van der Waals surface area contributed by atoms with Crippen LogP contribution in [-0.4, -0.2) is 4.98 Å². The van der Waals surface area contributed by atoms with Crippen LogP contribution < -0.4 is 0 Å². The van der Waals surface area contributed by atoms with Gasteiger partial charge in [-0.1, -0.05) is 22.0 Å². The van der Waals surface area contributed by atoms with Crippen molar-refractivity contribution in [1.29, 1.82) is 5.26 Å². The summed E-state index contributed by atoms with van der Waals surface area (Å²) < 4.78 is 0. The first-order valence-corrected chi connectivity index (χ1v) is 5.73. The van der Waals surface area contributed by atoms with E-state index in [0.29, 0.717) is 5.56 Å². The summed E-state index contributed by atoms with van der Waals surface area (Å²) in [6.07, 6.45) is 0.